The SMILES string of the molecule is COc1ccc(S(=O)(=O)CCOOc2ccccc2C(=O)O)c2ccccc12. The first-order chi connectivity index (χ1) is 13.4. The second kappa shape index (κ2) is 8.28. The van der Waals surface area contributed by atoms with Gasteiger partial charge in [0.15, 0.2) is 15.6 Å². The molecule has 0 spiro atoms. The Bertz CT molecular complexity index is 1110. The van der Waals surface area contributed by atoms with Crippen molar-refractivity contribution in [2.75, 3.05) is 19.5 Å². The number of hydrogen-bond donors (Lipinski definition) is 1. The molecule has 3 aromatic rings. The molecule has 28 heavy (non-hydrogen) atoms. The van der Waals surface area contributed by atoms with Crippen LogP contribution in [-0.4, -0.2) is 39.0 Å². The van der Waals surface area contributed by atoms with Gasteiger partial charge in [-0.1, -0.05) is 36.4 Å². The lowest BCUT2D eigenvalue weighted by Crippen LogP contribution is -2.15. The lowest BCUT2D eigenvalue weighted by atomic mass is 10.1. The summed E-state index contributed by atoms with van der Waals surface area (Å²) in [6.45, 7) is -0.267. The predicted octanol–water partition coefficient (Wildman–Crippen LogP) is 3.33. The molecular weight excluding hydrogens is 384 g/mol. The van der Waals surface area contributed by atoms with Gasteiger partial charge in [-0.05, 0) is 24.3 Å². The van der Waals surface area contributed by atoms with E-state index in [1.807, 2.05) is 0 Å². The largest absolute Gasteiger partial charge is 0.496 e. The van der Waals surface area contributed by atoms with Crippen molar-refractivity contribution in [3.63, 3.8) is 0 Å². The van der Waals surface area contributed by atoms with Crippen LogP contribution in [0.25, 0.3) is 10.8 Å². The highest BCUT2D eigenvalue weighted by atomic mass is 32.2. The maximum absolute atomic E-state index is 12.8. The first-order valence-electron chi connectivity index (χ1n) is 8.34. The molecule has 0 atom stereocenters. The van der Waals surface area contributed by atoms with Crippen LogP contribution >= 0.6 is 0 Å². The summed E-state index contributed by atoms with van der Waals surface area (Å²) in [7, 11) is -2.15. The second-order valence-electron chi connectivity index (χ2n) is 5.84. The quantitative estimate of drug-likeness (QED) is 0.350. The Kier molecular flexibility index (Phi) is 5.81. The Morgan fingerprint density at radius 1 is 0.929 bits per heavy atom. The number of para-hydroxylation sites is 1. The van der Waals surface area contributed by atoms with Gasteiger partial charge in [0.05, 0.1) is 17.8 Å². The van der Waals surface area contributed by atoms with E-state index in [1.165, 1.54) is 25.3 Å². The van der Waals surface area contributed by atoms with Crippen molar-refractivity contribution in [2.45, 2.75) is 4.90 Å². The van der Waals surface area contributed by atoms with Crippen LogP contribution < -0.4 is 9.62 Å². The number of hydrogen-bond acceptors (Lipinski definition) is 6. The molecule has 0 unspecified atom stereocenters. The Balaban J connectivity index is 1.74. The van der Waals surface area contributed by atoms with Crippen molar-refractivity contribution in [2.24, 2.45) is 0 Å². The molecule has 0 heterocycles. The monoisotopic (exact) mass is 402 g/mol. The molecule has 0 radical (unpaired) electrons. The number of sulfone groups is 1. The summed E-state index contributed by atoms with van der Waals surface area (Å²) in [5.41, 5.74) is -0.0773. The van der Waals surface area contributed by atoms with Gasteiger partial charge in [-0.25, -0.2) is 13.2 Å². The third kappa shape index (κ3) is 4.08. The van der Waals surface area contributed by atoms with Crippen molar-refractivity contribution in [1.29, 1.82) is 0 Å². The highest BCUT2D eigenvalue weighted by Gasteiger charge is 2.20. The maximum Gasteiger partial charge on any atom is 0.339 e. The Morgan fingerprint density at radius 3 is 2.32 bits per heavy atom. The van der Waals surface area contributed by atoms with Gasteiger partial charge in [-0.3, -0.25) is 0 Å². The number of carbonyl (C=O) groups is 1. The number of fused-ring (bicyclic) bond motifs is 1. The van der Waals surface area contributed by atoms with Crippen LogP contribution in [0.1, 0.15) is 10.4 Å². The highest BCUT2D eigenvalue weighted by molar-refractivity contribution is 7.91. The predicted molar refractivity (Wildman–Crippen MR) is 103 cm³/mol. The van der Waals surface area contributed by atoms with Gasteiger partial charge in [-0.2, -0.15) is 4.89 Å². The molecule has 0 aliphatic rings. The van der Waals surface area contributed by atoms with Gasteiger partial charge in [0.1, 0.15) is 17.9 Å². The molecule has 0 aromatic heterocycles. The zero-order valence-corrected chi connectivity index (χ0v) is 15.8. The van der Waals surface area contributed by atoms with Crippen LogP contribution in [0, 0.1) is 0 Å². The summed E-state index contributed by atoms with van der Waals surface area (Å²) in [5, 5.41) is 10.3. The number of methoxy groups -OCH3 is 1. The molecule has 0 amide bonds. The minimum absolute atomic E-state index is 0.00213. The fourth-order valence-corrected chi connectivity index (χ4v) is 4.06. The van der Waals surface area contributed by atoms with E-state index in [1.54, 1.807) is 42.5 Å². The lowest BCUT2D eigenvalue weighted by Gasteiger charge is -2.11. The van der Waals surface area contributed by atoms with E-state index in [9.17, 15) is 13.2 Å². The summed E-state index contributed by atoms with van der Waals surface area (Å²) >= 11 is 0. The van der Waals surface area contributed by atoms with Gasteiger partial charge < -0.3 is 14.7 Å². The molecule has 1 N–H and O–H groups in total. The average Bonchev–Trinajstić information content (AvgIpc) is 2.70. The molecule has 0 saturated carbocycles. The fourth-order valence-electron chi connectivity index (χ4n) is 2.77. The summed E-state index contributed by atoms with van der Waals surface area (Å²) in [4.78, 5) is 21.2. The van der Waals surface area contributed by atoms with Crippen molar-refractivity contribution < 1.29 is 32.8 Å². The Morgan fingerprint density at radius 2 is 1.61 bits per heavy atom. The van der Waals surface area contributed by atoms with E-state index in [2.05, 4.69) is 0 Å². The van der Waals surface area contributed by atoms with E-state index in [-0.39, 0.29) is 28.6 Å². The molecule has 3 rings (SSSR count). The number of aromatic carboxylic acids is 1. The normalized spacial score (nSPS) is 11.3. The minimum Gasteiger partial charge on any atom is -0.496 e. The number of rotatable bonds is 8. The van der Waals surface area contributed by atoms with Gasteiger partial charge in [0.2, 0.25) is 0 Å². The maximum atomic E-state index is 12.8. The van der Waals surface area contributed by atoms with Crippen molar-refractivity contribution in [3.8, 4) is 11.5 Å². The topological polar surface area (TPSA) is 99.1 Å². The lowest BCUT2D eigenvalue weighted by molar-refractivity contribution is -0.201. The molecule has 0 bridgehead atoms. The average molecular weight is 402 g/mol. The van der Waals surface area contributed by atoms with Crippen LogP contribution in [0.2, 0.25) is 0 Å². The highest BCUT2D eigenvalue weighted by Crippen LogP contribution is 2.31. The van der Waals surface area contributed by atoms with Gasteiger partial charge in [-0.15, -0.1) is 0 Å². The van der Waals surface area contributed by atoms with Gasteiger partial charge in [0, 0.05) is 10.8 Å². The molecule has 8 heteroatoms. The molecule has 0 fully saturated rings. The number of ether oxygens (including phenoxy) is 1. The molecule has 0 saturated heterocycles. The fraction of sp³-hybridized carbons (Fsp3) is 0.150. The molecule has 3 aromatic carbocycles. The van der Waals surface area contributed by atoms with Crippen molar-refractivity contribution in [3.05, 3.63) is 66.2 Å². The summed E-state index contributed by atoms with van der Waals surface area (Å²) in [6, 6.07) is 16.1. The van der Waals surface area contributed by atoms with E-state index < -0.39 is 15.8 Å². The van der Waals surface area contributed by atoms with Crippen LogP contribution in [0.4, 0.5) is 0 Å². The standard InChI is InChI=1S/C20H18O7S/c1-25-17-10-11-19(15-7-3-2-6-14(15)17)28(23,24)13-12-26-27-18-9-5-4-8-16(18)20(21)22/h2-11H,12-13H2,1H3,(H,21,22). The Hall–Kier alpha value is -3.10. The van der Waals surface area contributed by atoms with E-state index in [4.69, 9.17) is 19.6 Å². The smallest absolute Gasteiger partial charge is 0.339 e. The van der Waals surface area contributed by atoms with Crippen molar-refractivity contribution in [1.82, 2.24) is 0 Å². The van der Waals surface area contributed by atoms with Crippen LogP contribution in [-0.2, 0) is 14.7 Å². The van der Waals surface area contributed by atoms with Crippen LogP contribution in [0.3, 0.4) is 0 Å². The summed E-state index contributed by atoms with van der Waals surface area (Å²) in [5.74, 6) is -0.920. The first kappa shape index (κ1) is 19.7. The summed E-state index contributed by atoms with van der Waals surface area (Å²) in [6.07, 6.45) is 0. The van der Waals surface area contributed by atoms with Gasteiger partial charge >= 0.3 is 5.97 Å². The second-order valence-corrected chi connectivity index (χ2v) is 7.91. The third-order valence-electron chi connectivity index (χ3n) is 4.10. The van der Waals surface area contributed by atoms with E-state index in [0.29, 0.717) is 16.5 Å². The van der Waals surface area contributed by atoms with E-state index in [0.717, 1.165) is 0 Å². The molecule has 7 nitrogen and oxygen atoms in total. The van der Waals surface area contributed by atoms with Crippen molar-refractivity contribution >= 4 is 26.6 Å². The third-order valence-corrected chi connectivity index (χ3v) is 5.83. The van der Waals surface area contributed by atoms with Gasteiger partial charge in [0.25, 0.3) is 0 Å². The molecule has 0 aliphatic carbocycles. The van der Waals surface area contributed by atoms with Crippen LogP contribution in [0.5, 0.6) is 11.5 Å². The number of carboxylic acid groups (broad SMARTS) is 1. The molecule has 0 aliphatic heterocycles. The molecular formula is C20H18O7S. The van der Waals surface area contributed by atoms with Crippen LogP contribution in [0.15, 0.2) is 65.6 Å². The van der Waals surface area contributed by atoms with E-state index >= 15 is 0 Å². The summed E-state index contributed by atoms with van der Waals surface area (Å²) < 4.78 is 30.8. The minimum atomic E-state index is -3.67. The molecule has 146 valence electrons. The first-order valence-corrected chi connectivity index (χ1v) is 9.99. The zero-order chi connectivity index (χ0) is 20.1. The number of carboxylic acids is 1. The Labute approximate surface area is 161 Å². The zero-order valence-electron chi connectivity index (χ0n) is 15.0. The number of benzene rings is 3.